The Bertz CT molecular complexity index is 344. The smallest absolute Gasteiger partial charge is 0.244 e. The van der Waals surface area contributed by atoms with Crippen molar-refractivity contribution >= 4 is 5.91 Å². The average Bonchev–Trinajstić information content (AvgIpc) is 2.74. The molecule has 0 spiro atoms. The molecule has 2 rings (SSSR count). The summed E-state index contributed by atoms with van der Waals surface area (Å²) in [6, 6.07) is 1.52. The van der Waals surface area contributed by atoms with E-state index in [1.165, 1.54) is 0 Å². The van der Waals surface area contributed by atoms with Crippen LogP contribution < -0.4 is 5.32 Å². The minimum absolute atomic E-state index is 0.0231. The number of nitrogens with zero attached hydrogens (tertiary/aromatic N) is 2. The fourth-order valence-corrected chi connectivity index (χ4v) is 1.89. The summed E-state index contributed by atoms with van der Waals surface area (Å²) in [7, 11) is 0. The molecule has 5 heteroatoms. The van der Waals surface area contributed by atoms with Gasteiger partial charge in [-0.15, -0.1) is 0 Å². The maximum atomic E-state index is 11.7. The number of nitrogens with one attached hydrogen (secondary N) is 1. The predicted octanol–water partition coefficient (Wildman–Crippen LogP) is 0.331. The van der Waals surface area contributed by atoms with E-state index in [2.05, 4.69) is 10.4 Å². The van der Waals surface area contributed by atoms with Gasteiger partial charge in [-0.3, -0.25) is 9.48 Å². The third kappa shape index (κ3) is 2.41. The van der Waals surface area contributed by atoms with Gasteiger partial charge in [0.1, 0.15) is 6.04 Å². The van der Waals surface area contributed by atoms with Crippen molar-refractivity contribution in [2.75, 3.05) is 6.54 Å². The van der Waals surface area contributed by atoms with Crippen LogP contribution >= 0.6 is 0 Å². The van der Waals surface area contributed by atoms with Crippen molar-refractivity contribution in [3.8, 4) is 0 Å². The van der Waals surface area contributed by atoms with Crippen molar-refractivity contribution < 1.29 is 9.90 Å². The summed E-state index contributed by atoms with van der Waals surface area (Å²) in [5.41, 5.74) is 0. The van der Waals surface area contributed by atoms with E-state index in [0.717, 1.165) is 12.8 Å². The van der Waals surface area contributed by atoms with Gasteiger partial charge in [-0.1, -0.05) is 0 Å². The van der Waals surface area contributed by atoms with Gasteiger partial charge in [-0.05, 0) is 31.7 Å². The zero-order chi connectivity index (χ0) is 11.5. The molecule has 1 atom stereocenters. The van der Waals surface area contributed by atoms with Crippen molar-refractivity contribution in [3.63, 3.8) is 0 Å². The molecule has 1 saturated carbocycles. The molecular weight excluding hydrogens is 206 g/mol. The van der Waals surface area contributed by atoms with E-state index in [1.807, 2.05) is 6.92 Å². The van der Waals surface area contributed by atoms with Crippen LogP contribution in [0, 0.1) is 5.92 Å². The van der Waals surface area contributed by atoms with E-state index in [4.69, 9.17) is 5.11 Å². The Morgan fingerprint density at radius 2 is 2.44 bits per heavy atom. The summed E-state index contributed by atoms with van der Waals surface area (Å²) in [4.78, 5) is 11.7. The lowest BCUT2D eigenvalue weighted by Crippen LogP contribution is -2.40. The van der Waals surface area contributed by atoms with Gasteiger partial charge in [0, 0.05) is 18.9 Å². The Kier molecular flexibility index (Phi) is 3.24. The fraction of sp³-hybridized carbons (Fsp3) is 0.636. The molecule has 16 heavy (non-hydrogen) atoms. The molecular formula is C11H17N3O2. The lowest BCUT2D eigenvalue weighted by molar-refractivity contribution is -0.124. The minimum atomic E-state index is -0.278. The van der Waals surface area contributed by atoms with Crippen LogP contribution in [0.3, 0.4) is 0 Å². The fourth-order valence-electron chi connectivity index (χ4n) is 1.89. The van der Waals surface area contributed by atoms with Crippen molar-refractivity contribution in [1.29, 1.82) is 0 Å². The molecule has 1 aliphatic carbocycles. The number of hydrogen-bond acceptors (Lipinski definition) is 3. The third-order valence-electron chi connectivity index (χ3n) is 3.08. The van der Waals surface area contributed by atoms with Gasteiger partial charge in [0.2, 0.25) is 5.91 Å². The minimum Gasteiger partial charge on any atom is -0.393 e. The molecule has 1 heterocycles. The first-order chi connectivity index (χ1) is 7.66. The van der Waals surface area contributed by atoms with Crippen LogP contribution in [-0.4, -0.2) is 33.4 Å². The van der Waals surface area contributed by atoms with Gasteiger partial charge in [0.25, 0.3) is 0 Å². The Hall–Kier alpha value is -1.36. The van der Waals surface area contributed by atoms with E-state index >= 15 is 0 Å². The number of hydrogen-bond donors (Lipinski definition) is 2. The Morgan fingerprint density at radius 1 is 1.69 bits per heavy atom. The maximum Gasteiger partial charge on any atom is 0.244 e. The van der Waals surface area contributed by atoms with Crippen molar-refractivity contribution in [1.82, 2.24) is 15.1 Å². The second-order valence-electron chi connectivity index (χ2n) is 4.40. The van der Waals surface area contributed by atoms with Gasteiger partial charge in [-0.25, -0.2) is 0 Å². The van der Waals surface area contributed by atoms with Crippen molar-refractivity contribution in [2.24, 2.45) is 5.92 Å². The van der Waals surface area contributed by atoms with E-state index in [1.54, 1.807) is 23.1 Å². The molecule has 1 aliphatic rings. The molecule has 0 aliphatic heterocycles. The average molecular weight is 223 g/mol. The van der Waals surface area contributed by atoms with E-state index in [9.17, 15) is 4.79 Å². The summed E-state index contributed by atoms with van der Waals surface area (Å²) in [5.74, 6) is 0.411. The highest BCUT2D eigenvalue weighted by molar-refractivity contribution is 5.79. The number of aromatic nitrogens is 2. The summed E-state index contributed by atoms with van der Waals surface area (Å²) < 4.78 is 1.63. The number of amides is 1. The molecule has 0 radical (unpaired) electrons. The first-order valence-electron chi connectivity index (χ1n) is 5.61. The predicted molar refractivity (Wildman–Crippen MR) is 58.7 cm³/mol. The largest absolute Gasteiger partial charge is 0.393 e. The number of carbonyl (C=O) groups excluding carboxylic acids is 1. The van der Waals surface area contributed by atoms with Crippen molar-refractivity contribution in [3.05, 3.63) is 18.5 Å². The van der Waals surface area contributed by atoms with Crippen LogP contribution in [0.4, 0.5) is 0 Å². The molecule has 0 saturated heterocycles. The van der Waals surface area contributed by atoms with E-state index < -0.39 is 0 Å². The normalized spacial score (nSPS) is 25.9. The number of rotatable bonds is 4. The van der Waals surface area contributed by atoms with Crippen LogP contribution in [-0.2, 0) is 4.79 Å². The van der Waals surface area contributed by atoms with Gasteiger partial charge >= 0.3 is 0 Å². The lowest BCUT2D eigenvalue weighted by atomic mass is 9.82. The molecule has 1 aromatic rings. The van der Waals surface area contributed by atoms with Crippen LogP contribution in [0.1, 0.15) is 25.8 Å². The zero-order valence-corrected chi connectivity index (χ0v) is 9.34. The third-order valence-corrected chi connectivity index (χ3v) is 3.08. The van der Waals surface area contributed by atoms with Gasteiger partial charge in [0.15, 0.2) is 0 Å². The number of aliphatic hydroxyl groups is 1. The van der Waals surface area contributed by atoms with E-state index in [-0.39, 0.29) is 18.1 Å². The summed E-state index contributed by atoms with van der Waals surface area (Å²) >= 11 is 0. The lowest BCUT2D eigenvalue weighted by Gasteiger charge is -2.31. The molecule has 2 N–H and O–H groups in total. The van der Waals surface area contributed by atoms with Gasteiger partial charge in [0.05, 0.1) is 6.10 Å². The van der Waals surface area contributed by atoms with Crippen LogP contribution in [0.15, 0.2) is 18.5 Å². The second-order valence-corrected chi connectivity index (χ2v) is 4.40. The molecule has 0 bridgehead atoms. The summed E-state index contributed by atoms with van der Waals surface area (Å²) in [6.45, 7) is 2.47. The van der Waals surface area contributed by atoms with Gasteiger partial charge in [-0.2, -0.15) is 5.10 Å². The molecule has 1 amide bonds. The molecule has 5 nitrogen and oxygen atoms in total. The number of aliphatic hydroxyl groups excluding tert-OH is 1. The maximum absolute atomic E-state index is 11.7. The highest BCUT2D eigenvalue weighted by atomic mass is 16.3. The summed E-state index contributed by atoms with van der Waals surface area (Å²) in [5, 5.41) is 16.0. The highest BCUT2D eigenvalue weighted by Crippen LogP contribution is 2.26. The zero-order valence-electron chi connectivity index (χ0n) is 9.34. The van der Waals surface area contributed by atoms with Crippen LogP contribution in [0.5, 0.6) is 0 Å². The van der Waals surface area contributed by atoms with Gasteiger partial charge < -0.3 is 10.4 Å². The highest BCUT2D eigenvalue weighted by Gasteiger charge is 2.27. The Balaban J connectivity index is 1.75. The van der Waals surface area contributed by atoms with Crippen LogP contribution in [0.2, 0.25) is 0 Å². The molecule has 1 fully saturated rings. The molecule has 88 valence electrons. The van der Waals surface area contributed by atoms with Crippen molar-refractivity contribution in [2.45, 2.75) is 31.9 Å². The first kappa shape index (κ1) is 11.1. The Labute approximate surface area is 94.5 Å². The SMILES string of the molecule is CC(C(=O)NCC1CC(O)C1)n1cccn1. The monoisotopic (exact) mass is 223 g/mol. The first-order valence-corrected chi connectivity index (χ1v) is 5.61. The molecule has 1 unspecified atom stereocenters. The standard InChI is InChI=1S/C11H17N3O2/c1-8(14-4-2-3-13-14)11(16)12-7-9-5-10(15)6-9/h2-4,8-10,15H,5-7H2,1H3,(H,12,16). The van der Waals surface area contributed by atoms with E-state index in [0.29, 0.717) is 12.5 Å². The Morgan fingerprint density at radius 3 is 3.00 bits per heavy atom. The number of carbonyl (C=O) groups is 1. The topological polar surface area (TPSA) is 67.2 Å². The quantitative estimate of drug-likeness (QED) is 0.773. The molecule has 0 aromatic carbocycles. The van der Waals surface area contributed by atoms with Crippen LogP contribution in [0.25, 0.3) is 0 Å². The summed E-state index contributed by atoms with van der Waals surface area (Å²) in [6.07, 6.45) is 4.88. The molecule has 1 aromatic heterocycles. The second kappa shape index (κ2) is 4.65.